The van der Waals surface area contributed by atoms with Gasteiger partial charge in [-0.2, -0.15) is 0 Å². The van der Waals surface area contributed by atoms with E-state index in [-0.39, 0.29) is 30.5 Å². The molecule has 4 aliphatic heterocycles. The Balaban J connectivity index is 1.47. The number of carbonyl (C=O) groups is 1. The Morgan fingerprint density at radius 3 is 2.79 bits per heavy atom. The summed E-state index contributed by atoms with van der Waals surface area (Å²) in [6, 6.07) is 0. The first-order valence-corrected chi connectivity index (χ1v) is 14.0. The van der Waals surface area contributed by atoms with Gasteiger partial charge in [0.1, 0.15) is 18.3 Å². The van der Waals surface area contributed by atoms with Crippen molar-refractivity contribution in [2.45, 2.75) is 108 Å². The lowest BCUT2D eigenvalue weighted by atomic mass is 9.91. The minimum atomic E-state index is -0.644. The monoisotopic (exact) mass is 528 g/mol. The Hall–Kier alpha value is -2.03. The summed E-state index contributed by atoms with van der Waals surface area (Å²) in [4.78, 5) is 12.8. The van der Waals surface area contributed by atoms with E-state index < -0.39 is 24.3 Å². The van der Waals surface area contributed by atoms with Gasteiger partial charge in [0.2, 0.25) is 0 Å². The van der Waals surface area contributed by atoms with E-state index in [1.54, 1.807) is 7.11 Å². The number of cyclic esters (lactones) is 1. The normalized spacial score (nSPS) is 38.9. The Morgan fingerprint density at radius 1 is 1.16 bits per heavy atom. The van der Waals surface area contributed by atoms with Crippen molar-refractivity contribution >= 4 is 5.97 Å². The van der Waals surface area contributed by atoms with Crippen molar-refractivity contribution in [3.05, 3.63) is 60.3 Å². The highest BCUT2D eigenvalue weighted by Crippen LogP contribution is 2.35. The molecule has 0 radical (unpaired) electrons. The van der Waals surface area contributed by atoms with Crippen molar-refractivity contribution < 1.29 is 33.6 Å². The summed E-state index contributed by atoms with van der Waals surface area (Å²) in [5, 5.41) is 10.8. The molecule has 1 fully saturated rings. The van der Waals surface area contributed by atoms with Crippen molar-refractivity contribution in [2.24, 2.45) is 5.92 Å². The minimum absolute atomic E-state index is 0.0417. The molecule has 38 heavy (non-hydrogen) atoms. The molecule has 0 aliphatic carbocycles. The molecule has 0 spiro atoms. The van der Waals surface area contributed by atoms with Crippen LogP contribution >= 0.6 is 0 Å². The van der Waals surface area contributed by atoms with Crippen LogP contribution in [-0.4, -0.2) is 73.6 Å². The largest absolute Gasteiger partial charge is 0.456 e. The number of hydrogen-bond donors (Lipinski definition) is 1. The fourth-order valence-electron chi connectivity index (χ4n) is 5.67. The first kappa shape index (κ1) is 29.0. The Kier molecular flexibility index (Phi) is 10.6. The highest BCUT2D eigenvalue weighted by atomic mass is 16.6. The smallest absolute Gasteiger partial charge is 0.330 e. The van der Waals surface area contributed by atoms with Crippen LogP contribution in [0.15, 0.2) is 60.3 Å². The highest BCUT2D eigenvalue weighted by Gasteiger charge is 2.47. The van der Waals surface area contributed by atoms with Gasteiger partial charge < -0.3 is 28.8 Å². The molecule has 0 saturated carbocycles. The van der Waals surface area contributed by atoms with E-state index in [4.69, 9.17) is 23.7 Å². The van der Waals surface area contributed by atoms with Crippen LogP contribution < -0.4 is 0 Å². The third-order valence-electron chi connectivity index (χ3n) is 7.69. The summed E-state index contributed by atoms with van der Waals surface area (Å²) in [6.07, 6.45) is 16.3. The molecule has 0 aromatic heterocycles. The van der Waals surface area contributed by atoms with Gasteiger partial charge in [-0.3, -0.25) is 0 Å². The molecule has 0 aromatic carbocycles. The number of methoxy groups -OCH3 is 1. The molecule has 7 heteroatoms. The zero-order chi connectivity index (χ0) is 27.1. The van der Waals surface area contributed by atoms with Crippen LogP contribution in [0.25, 0.3) is 0 Å². The zero-order valence-electron chi connectivity index (χ0n) is 23.0. The van der Waals surface area contributed by atoms with Crippen molar-refractivity contribution in [3.63, 3.8) is 0 Å². The number of carbonyl (C=O) groups excluding carboxylic acids is 1. The van der Waals surface area contributed by atoms with Crippen LogP contribution in [0.3, 0.4) is 0 Å². The van der Waals surface area contributed by atoms with Crippen molar-refractivity contribution in [1.82, 2.24) is 0 Å². The molecule has 4 heterocycles. The first-order chi connectivity index (χ1) is 18.3. The summed E-state index contributed by atoms with van der Waals surface area (Å²) >= 11 is 0. The van der Waals surface area contributed by atoms with Gasteiger partial charge in [-0.25, -0.2) is 4.79 Å². The zero-order valence-corrected chi connectivity index (χ0v) is 23.0. The molecule has 9 unspecified atom stereocenters. The molecule has 1 saturated heterocycles. The molecule has 7 nitrogen and oxygen atoms in total. The van der Waals surface area contributed by atoms with Crippen molar-refractivity contribution in [3.8, 4) is 0 Å². The highest BCUT2D eigenvalue weighted by molar-refractivity contribution is 5.82. The maximum atomic E-state index is 12.8. The van der Waals surface area contributed by atoms with Crippen LogP contribution in [0.2, 0.25) is 0 Å². The summed E-state index contributed by atoms with van der Waals surface area (Å²) in [7, 11) is 1.60. The van der Waals surface area contributed by atoms with Crippen molar-refractivity contribution in [1.29, 1.82) is 0 Å². The van der Waals surface area contributed by atoms with E-state index in [0.717, 1.165) is 31.3 Å². The fourth-order valence-corrected chi connectivity index (χ4v) is 5.67. The van der Waals surface area contributed by atoms with Gasteiger partial charge in [-0.05, 0) is 51.4 Å². The number of ether oxygens (including phenoxy) is 5. The molecule has 4 rings (SSSR count). The number of hydrogen-bond acceptors (Lipinski definition) is 7. The van der Waals surface area contributed by atoms with Crippen LogP contribution in [0, 0.1) is 5.92 Å². The summed E-state index contributed by atoms with van der Waals surface area (Å²) in [6.45, 7) is 9.11. The van der Waals surface area contributed by atoms with E-state index in [9.17, 15) is 9.90 Å². The topological polar surface area (TPSA) is 86.8 Å². The molecule has 1 N–H and O–H groups in total. The maximum Gasteiger partial charge on any atom is 0.330 e. The summed E-state index contributed by atoms with van der Waals surface area (Å²) in [5.74, 6) is -0.0337. The number of aliphatic hydroxyl groups excluding tert-OH is 1. The van der Waals surface area contributed by atoms with Crippen LogP contribution in [0.5, 0.6) is 0 Å². The van der Waals surface area contributed by atoms with E-state index in [1.165, 1.54) is 11.6 Å². The lowest BCUT2D eigenvalue weighted by Gasteiger charge is -2.28. The number of esters is 1. The van der Waals surface area contributed by atoms with Gasteiger partial charge in [0.25, 0.3) is 0 Å². The molecular weight excluding hydrogens is 484 g/mol. The molecule has 0 aromatic rings. The van der Waals surface area contributed by atoms with Gasteiger partial charge in [0.15, 0.2) is 0 Å². The van der Waals surface area contributed by atoms with Crippen LogP contribution in [0.1, 0.15) is 58.8 Å². The van der Waals surface area contributed by atoms with Gasteiger partial charge in [0.05, 0.1) is 37.1 Å². The second-order valence-corrected chi connectivity index (χ2v) is 11.2. The molecule has 0 amide bonds. The van der Waals surface area contributed by atoms with Gasteiger partial charge in [-0.15, -0.1) is 0 Å². The quantitative estimate of drug-likeness (QED) is 0.320. The van der Waals surface area contributed by atoms with Crippen molar-refractivity contribution in [2.75, 3.05) is 13.7 Å². The summed E-state index contributed by atoms with van der Waals surface area (Å²) < 4.78 is 29.6. The van der Waals surface area contributed by atoms with Gasteiger partial charge >= 0.3 is 5.97 Å². The number of fused-ring (bicyclic) bond motifs is 3. The van der Waals surface area contributed by atoms with Gasteiger partial charge in [-0.1, -0.05) is 61.1 Å². The lowest BCUT2D eigenvalue weighted by molar-refractivity contribution is -0.149. The number of aliphatic hydroxyl groups is 1. The second kappa shape index (κ2) is 13.9. The van der Waals surface area contributed by atoms with Crippen LogP contribution in [0.4, 0.5) is 0 Å². The van der Waals surface area contributed by atoms with Gasteiger partial charge in [0, 0.05) is 19.6 Å². The number of epoxide rings is 1. The molecule has 210 valence electrons. The Bertz CT molecular complexity index is 935. The molecule has 2 bridgehead atoms. The molecule has 9 atom stereocenters. The SMILES string of the molecule is C=C1CC(C)CC2CC=CC(C/C=C\C(=O)OC(C(C=CC3CC(C)=CCO3)OC)CC3OC3C(O)C1)O2. The average molecular weight is 529 g/mol. The second-order valence-electron chi connectivity index (χ2n) is 11.2. The average Bonchev–Trinajstić information content (AvgIpc) is 3.63. The fraction of sp³-hybridized carbons (Fsp3) is 0.645. The van der Waals surface area contributed by atoms with Crippen LogP contribution in [-0.2, 0) is 28.5 Å². The standard InChI is InChI=1S/C31H44O7/c1-20-13-14-35-24(16-20)11-12-27(34-4)28-19-29-31(38-29)26(32)18-22(3)15-21(2)17-25-9-5-7-23(36-25)8-6-10-30(33)37-28/h5-7,10-13,21,23-29,31-32H,3,8-9,14-19H2,1-2,4H3/b10-6-,12-11?. The van der Waals surface area contributed by atoms with E-state index >= 15 is 0 Å². The predicted octanol–water partition coefficient (Wildman–Crippen LogP) is 4.76. The Morgan fingerprint density at radius 2 is 2.00 bits per heavy atom. The van der Waals surface area contributed by atoms with E-state index in [1.807, 2.05) is 18.2 Å². The minimum Gasteiger partial charge on any atom is -0.456 e. The first-order valence-electron chi connectivity index (χ1n) is 14.0. The third kappa shape index (κ3) is 8.75. The van der Waals surface area contributed by atoms with E-state index in [0.29, 0.717) is 31.8 Å². The molecular formula is C31H44O7. The predicted molar refractivity (Wildman–Crippen MR) is 146 cm³/mol. The maximum absolute atomic E-state index is 12.8. The number of rotatable bonds is 4. The third-order valence-corrected chi connectivity index (χ3v) is 7.69. The lowest BCUT2D eigenvalue weighted by Crippen LogP contribution is -2.34. The van der Waals surface area contributed by atoms with E-state index in [2.05, 4.69) is 38.7 Å². The molecule has 4 aliphatic rings. The summed E-state index contributed by atoms with van der Waals surface area (Å²) in [5.41, 5.74) is 2.30. The Labute approximate surface area is 227 Å².